The lowest BCUT2D eigenvalue weighted by atomic mass is 9.95. The predicted molar refractivity (Wildman–Crippen MR) is 63.1 cm³/mol. The molecule has 1 amide bonds. The quantitative estimate of drug-likeness (QED) is 0.702. The summed E-state index contributed by atoms with van der Waals surface area (Å²) in [4.78, 5) is 12.1. The Bertz CT molecular complexity index is 221. The summed E-state index contributed by atoms with van der Waals surface area (Å²) in [5, 5.41) is 2.93. The summed E-state index contributed by atoms with van der Waals surface area (Å²) in [5.74, 6) is 0.0422. The summed E-state index contributed by atoms with van der Waals surface area (Å²) in [5.41, 5.74) is 5.08. The largest absolute Gasteiger partial charge is 0.393 e. The number of amides is 1. The van der Waals surface area contributed by atoms with Gasteiger partial charge in [-0.3, -0.25) is 4.79 Å². The topological polar surface area (TPSA) is 55.1 Å². The number of hydrogen-bond acceptors (Lipinski definition) is 2. The van der Waals surface area contributed by atoms with E-state index in [1.165, 1.54) is 0 Å². The van der Waals surface area contributed by atoms with Gasteiger partial charge in [-0.05, 0) is 6.42 Å². The minimum atomic E-state index is -0.358. The van der Waals surface area contributed by atoms with Crippen LogP contribution in [-0.4, -0.2) is 16.9 Å². The van der Waals surface area contributed by atoms with E-state index in [0.29, 0.717) is 11.4 Å². The highest BCUT2D eigenvalue weighted by atomic mass is 32.1. The minimum absolute atomic E-state index is 0.0422. The molecular formula is C10H20N2OS. The van der Waals surface area contributed by atoms with Crippen molar-refractivity contribution in [2.24, 2.45) is 11.1 Å². The molecule has 0 rings (SSSR count). The Morgan fingerprint density at radius 1 is 1.50 bits per heavy atom. The summed E-state index contributed by atoms with van der Waals surface area (Å²) in [6.07, 6.45) is 1.42. The van der Waals surface area contributed by atoms with Gasteiger partial charge in [0.2, 0.25) is 5.91 Å². The smallest absolute Gasteiger partial charge is 0.225 e. The molecule has 0 heterocycles. The van der Waals surface area contributed by atoms with Crippen molar-refractivity contribution < 1.29 is 4.79 Å². The molecule has 0 aliphatic rings. The number of hydrogen-bond donors (Lipinski definition) is 2. The molecule has 0 spiro atoms. The van der Waals surface area contributed by atoms with E-state index in [2.05, 4.69) is 5.32 Å². The number of thiocarbonyl (C=S) groups is 1. The number of rotatable bonds is 4. The van der Waals surface area contributed by atoms with E-state index < -0.39 is 0 Å². The molecule has 0 aromatic rings. The monoisotopic (exact) mass is 216 g/mol. The van der Waals surface area contributed by atoms with Crippen LogP contribution in [0.25, 0.3) is 0 Å². The molecule has 3 N–H and O–H groups in total. The van der Waals surface area contributed by atoms with Crippen molar-refractivity contribution in [2.75, 3.05) is 0 Å². The zero-order chi connectivity index (χ0) is 11.4. The lowest BCUT2D eigenvalue weighted by Crippen LogP contribution is -2.42. The van der Waals surface area contributed by atoms with E-state index in [1.807, 2.05) is 27.7 Å². The van der Waals surface area contributed by atoms with Crippen LogP contribution in [0.3, 0.4) is 0 Å². The molecule has 0 fully saturated rings. The fourth-order valence-electron chi connectivity index (χ4n) is 0.942. The highest BCUT2D eigenvalue weighted by Crippen LogP contribution is 2.13. The van der Waals surface area contributed by atoms with Crippen LogP contribution >= 0.6 is 12.2 Å². The lowest BCUT2D eigenvalue weighted by molar-refractivity contribution is -0.129. The standard InChI is InChI=1S/C10H20N2OS/c1-5-7(6-8(11)14)12-9(13)10(2,3)4/h7H,5-6H2,1-4H3,(H2,11,14)(H,12,13). The van der Waals surface area contributed by atoms with Crippen molar-refractivity contribution in [3.8, 4) is 0 Å². The first-order valence-electron chi connectivity index (χ1n) is 4.86. The van der Waals surface area contributed by atoms with E-state index in [-0.39, 0.29) is 17.4 Å². The maximum Gasteiger partial charge on any atom is 0.225 e. The molecule has 0 aromatic heterocycles. The van der Waals surface area contributed by atoms with Gasteiger partial charge < -0.3 is 11.1 Å². The first-order valence-corrected chi connectivity index (χ1v) is 5.27. The van der Waals surface area contributed by atoms with Gasteiger partial charge in [0, 0.05) is 17.9 Å². The maximum atomic E-state index is 11.6. The van der Waals surface area contributed by atoms with Crippen LogP contribution in [-0.2, 0) is 4.79 Å². The van der Waals surface area contributed by atoms with Gasteiger partial charge in [0.05, 0.1) is 4.99 Å². The zero-order valence-electron chi connectivity index (χ0n) is 9.39. The fraction of sp³-hybridized carbons (Fsp3) is 0.800. The highest BCUT2D eigenvalue weighted by Gasteiger charge is 2.23. The van der Waals surface area contributed by atoms with Gasteiger partial charge in [-0.25, -0.2) is 0 Å². The van der Waals surface area contributed by atoms with Crippen LogP contribution in [0, 0.1) is 5.41 Å². The Morgan fingerprint density at radius 3 is 2.29 bits per heavy atom. The average molecular weight is 216 g/mol. The molecule has 14 heavy (non-hydrogen) atoms. The van der Waals surface area contributed by atoms with E-state index in [4.69, 9.17) is 18.0 Å². The van der Waals surface area contributed by atoms with Gasteiger partial charge in [-0.1, -0.05) is 39.9 Å². The molecule has 0 aliphatic carbocycles. The Labute approximate surface area is 91.4 Å². The first-order chi connectivity index (χ1) is 6.27. The van der Waals surface area contributed by atoms with Gasteiger partial charge in [0.1, 0.15) is 0 Å². The summed E-state index contributed by atoms with van der Waals surface area (Å²) >= 11 is 4.81. The second-order valence-electron chi connectivity index (χ2n) is 4.50. The predicted octanol–water partition coefficient (Wildman–Crippen LogP) is 1.60. The molecule has 0 radical (unpaired) electrons. The summed E-state index contributed by atoms with van der Waals surface area (Å²) < 4.78 is 0. The maximum absolute atomic E-state index is 11.6. The summed E-state index contributed by atoms with van der Waals surface area (Å²) in [6.45, 7) is 7.66. The Hall–Kier alpha value is -0.640. The molecule has 0 saturated carbocycles. The average Bonchev–Trinajstić information content (AvgIpc) is 2.00. The van der Waals surface area contributed by atoms with Crippen LogP contribution in [0.15, 0.2) is 0 Å². The Balaban J connectivity index is 4.19. The van der Waals surface area contributed by atoms with Crippen molar-refractivity contribution in [3.63, 3.8) is 0 Å². The van der Waals surface area contributed by atoms with Crippen molar-refractivity contribution in [1.29, 1.82) is 0 Å². The van der Waals surface area contributed by atoms with Crippen molar-refractivity contribution in [1.82, 2.24) is 5.32 Å². The second-order valence-corrected chi connectivity index (χ2v) is 5.02. The molecule has 0 bridgehead atoms. The molecule has 4 heteroatoms. The van der Waals surface area contributed by atoms with E-state index in [9.17, 15) is 4.79 Å². The molecule has 0 aliphatic heterocycles. The third kappa shape index (κ3) is 5.17. The van der Waals surface area contributed by atoms with Crippen LogP contribution in [0.1, 0.15) is 40.5 Å². The van der Waals surface area contributed by atoms with Crippen LogP contribution in [0.2, 0.25) is 0 Å². The van der Waals surface area contributed by atoms with Crippen molar-refractivity contribution >= 4 is 23.1 Å². The van der Waals surface area contributed by atoms with Crippen LogP contribution in [0.4, 0.5) is 0 Å². The highest BCUT2D eigenvalue weighted by molar-refractivity contribution is 7.80. The molecule has 1 atom stereocenters. The number of nitrogens with two attached hydrogens (primary N) is 1. The Kier molecular flexibility index (Phi) is 5.05. The zero-order valence-corrected chi connectivity index (χ0v) is 10.2. The number of carbonyl (C=O) groups is 1. The second kappa shape index (κ2) is 5.29. The number of nitrogens with one attached hydrogen (secondary N) is 1. The molecular weight excluding hydrogens is 196 g/mol. The van der Waals surface area contributed by atoms with Crippen molar-refractivity contribution in [2.45, 2.75) is 46.6 Å². The molecule has 0 aromatic carbocycles. The van der Waals surface area contributed by atoms with E-state index >= 15 is 0 Å². The minimum Gasteiger partial charge on any atom is -0.393 e. The van der Waals surface area contributed by atoms with Gasteiger partial charge in [-0.15, -0.1) is 0 Å². The normalized spacial score (nSPS) is 13.4. The van der Waals surface area contributed by atoms with Gasteiger partial charge in [-0.2, -0.15) is 0 Å². The van der Waals surface area contributed by atoms with Gasteiger partial charge in [0.15, 0.2) is 0 Å². The summed E-state index contributed by atoms with van der Waals surface area (Å²) in [6, 6.07) is 0.0687. The molecule has 1 unspecified atom stereocenters. The SMILES string of the molecule is CCC(CC(N)=S)NC(=O)C(C)(C)C. The lowest BCUT2D eigenvalue weighted by Gasteiger charge is -2.23. The van der Waals surface area contributed by atoms with E-state index in [1.54, 1.807) is 0 Å². The van der Waals surface area contributed by atoms with Crippen molar-refractivity contribution in [3.05, 3.63) is 0 Å². The third-order valence-electron chi connectivity index (χ3n) is 1.96. The van der Waals surface area contributed by atoms with E-state index in [0.717, 1.165) is 6.42 Å². The summed E-state index contributed by atoms with van der Waals surface area (Å²) in [7, 11) is 0. The third-order valence-corrected chi connectivity index (χ3v) is 2.12. The van der Waals surface area contributed by atoms with Gasteiger partial charge >= 0.3 is 0 Å². The van der Waals surface area contributed by atoms with Crippen LogP contribution in [0.5, 0.6) is 0 Å². The molecule has 3 nitrogen and oxygen atoms in total. The Morgan fingerprint density at radius 2 is 2.00 bits per heavy atom. The first kappa shape index (κ1) is 13.4. The molecule has 82 valence electrons. The fourth-order valence-corrected chi connectivity index (χ4v) is 1.14. The van der Waals surface area contributed by atoms with Crippen LogP contribution < -0.4 is 11.1 Å². The molecule has 0 saturated heterocycles. The van der Waals surface area contributed by atoms with Gasteiger partial charge in [0.25, 0.3) is 0 Å². The number of carbonyl (C=O) groups excluding carboxylic acids is 1.